The summed E-state index contributed by atoms with van der Waals surface area (Å²) in [5, 5.41) is 0. The van der Waals surface area contributed by atoms with Crippen LogP contribution < -0.4 is 0 Å². The second-order valence-corrected chi connectivity index (χ2v) is 8.76. The first-order valence-corrected chi connectivity index (χ1v) is 10.5. The van der Waals surface area contributed by atoms with Crippen molar-refractivity contribution in [1.29, 1.82) is 0 Å². The van der Waals surface area contributed by atoms with Gasteiger partial charge < -0.3 is 9.64 Å². The number of ketones is 1. The van der Waals surface area contributed by atoms with Crippen LogP contribution in [0.4, 0.5) is 0 Å². The van der Waals surface area contributed by atoms with Gasteiger partial charge in [-0.3, -0.25) is 14.5 Å². The Hall–Kier alpha value is -0.940. The van der Waals surface area contributed by atoms with E-state index in [9.17, 15) is 9.59 Å². The molecule has 2 fully saturated rings. The summed E-state index contributed by atoms with van der Waals surface area (Å²) in [7, 11) is 0. The molecule has 0 aromatic heterocycles. The Balaban J connectivity index is 1.63. The van der Waals surface area contributed by atoms with Crippen molar-refractivity contribution < 1.29 is 14.3 Å². The van der Waals surface area contributed by atoms with E-state index in [1.165, 1.54) is 19.3 Å². The molecule has 0 aliphatic carbocycles. The Morgan fingerprint density at radius 1 is 0.923 bits per heavy atom. The van der Waals surface area contributed by atoms with Gasteiger partial charge in [-0.15, -0.1) is 0 Å². The number of hydrogen-bond acceptors (Lipinski definition) is 4. The van der Waals surface area contributed by atoms with Crippen LogP contribution in [0.1, 0.15) is 59.8 Å². The molecule has 2 saturated heterocycles. The van der Waals surface area contributed by atoms with Gasteiger partial charge in [0.1, 0.15) is 12.4 Å². The molecule has 0 bridgehead atoms. The average Bonchev–Trinajstić information content (AvgIpc) is 2.61. The van der Waals surface area contributed by atoms with Crippen molar-refractivity contribution in [3.63, 3.8) is 0 Å². The molecule has 150 valence electrons. The number of ether oxygens (including phenoxy) is 1. The third-order valence-electron chi connectivity index (χ3n) is 5.90. The summed E-state index contributed by atoms with van der Waals surface area (Å²) in [5.41, 5.74) is 0. The van der Waals surface area contributed by atoms with E-state index >= 15 is 0 Å². The maximum Gasteiger partial charge on any atom is 0.248 e. The molecule has 0 N–H and O–H groups in total. The highest BCUT2D eigenvalue weighted by Gasteiger charge is 2.27. The van der Waals surface area contributed by atoms with Gasteiger partial charge in [0.15, 0.2) is 0 Å². The SMILES string of the molecule is CC(C)OCC(=O)N1CCC(CC2CCN(CC(=O)C(C)C)CC2)CC1. The van der Waals surface area contributed by atoms with Crippen molar-refractivity contribution in [3.05, 3.63) is 0 Å². The van der Waals surface area contributed by atoms with Gasteiger partial charge in [-0.05, 0) is 70.9 Å². The van der Waals surface area contributed by atoms with Crippen molar-refractivity contribution in [2.45, 2.75) is 65.9 Å². The highest BCUT2D eigenvalue weighted by molar-refractivity contribution is 5.82. The highest BCUT2D eigenvalue weighted by Crippen LogP contribution is 2.30. The fraction of sp³-hybridized carbons (Fsp3) is 0.905. The fourth-order valence-corrected chi connectivity index (χ4v) is 4.00. The average molecular weight is 367 g/mol. The van der Waals surface area contributed by atoms with E-state index in [1.54, 1.807) is 0 Å². The third kappa shape index (κ3) is 6.99. The van der Waals surface area contributed by atoms with Gasteiger partial charge >= 0.3 is 0 Å². The Bertz CT molecular complexity index is 448. The summed E-state index contributed by atoms with van der Waals surface area (Å²) < 4.78 is 5.44. The molecule has 0 spiro atoms. The van der Waals surface area contributed by atoms with E-state index in [1.807, 2.05) is 32.6 Å². The predicted octanol–water partition coefficient (Wildman–Crippen LogP) is 2.98. The number of carbonyl (C=O) groups excluding carboxylic acids is 2. The second kappa shape index (κ2) is 10.4. The summed E-state index contributed by atoms with van der Waals surface area (Å²) in [6.45, 7) is 12.6. The van der Waals surface area contributed by atoms with Crippen LogP contribution in [0, 0.1) is 17.8 Å². The molecule has 2 rings (SSSR count). The monoisotopic (exact) mass is 366 g/mol. The predicted molar refractivity (Wildman–Crippen MR) is 104 cm³/mol. The van der Waals surface area contributed by atoms with E-state index in [4.69, 9.17) is 4.74 Å². The number of likely N-dealkylation sites (tertiary alicyclic amines) is 2. The van der Waals surface area contributed by atoms with Crippen LogP contribution in [0.15, 0.2) is 0 Å². The topological polar surface area (TPSA) is 49.9 Å². The largest absolute Gasteiger partial charge is 0.369 e. The number of amides is 1. The first-order chi connectivity index (χ1) is 12.3. The second-order valence-electron chi connectivity index (χ2n) is 8.76. The van der Waals surface area contributed by atoms with Gasteiger partial charge in [0, 0.05) is 19.0 Å². The number of Topliss-reactive ketones (excluding diaryl/α,β-unsaturated/α-hetero) is 1. The Kier molecular flexibility index (Phi) is 8.55. The maximum atomic E-state index is 12.1. The molecule has 0 radical (unpaired) electrons. The van der Waals surface area contributed by atoms with Crippen LogP contribution in [-0.4, -0.2) is 66.9 Å². The Morgan fingerprint density at radius 2 is 1.46 bits per heavy atom. The first-order valence-electron chi connectivity index (χ1n) is 10.5. The molecular formula is C21H38N2O3. The molecular weight excluding hydrogens is 328 g/mol. The molecule has 5 heteroatoms. The zero-order valence-corrected chi connectivity index (χ0v) is 17.2. The van der Waals surface area contributed by atoms with Crippen LogP contribution in [0.2, 0.25) is 0 Å². The zero-order chi connectivity index (χ0) is 19.1. The van der Waals surface area contributed by atoms with Gasteiger partial charge in [-0.1, -0.05) is 13.8 Å². The van der Waals surface area contributed by atoms with Gasteiger partial charge in [-0.2, -0.15) is 0 Å². The lowest BCUT2D eigenvalue weighted by Gasteiger charge is -2.36. The van der Waals surface area contributed by atoms with E-state index in [-0.39, 0.29) is 24.5 Å². The summed E-state index contributed by atoms with van der Waals surface area (Å²) in [4.78, 5) is 28.3. The van der Waals surface area contributed by atoms with Crippen molar-refractivity contribution in [1.82, 2.24) is 9.80 Å². The van der Waals surface area contributed by atoms with E-state index in [2.05, 4.69) is 4.90 Å². The molecule has 0 saturated carbocycles. The minimum Gasteiger partial charge on any atom is -0.369 e. The number of rotatable bonds is 8. The molecule has 0 atom stereocenters. The summed E-state index contributed by atoms with van der Waals surface area (Å²) in [5.74, 6) is 2.18. The number of nitrogens with zero attached hydrogens (tertiary/aromatic N) is 2. The van der Waals surface area contributed by atoms with Crippen LogP contribution in [-0.2, 0) is 14.3 Å². The lowest BCUT2D eigenvalue weighted by molar-refractivity contribution is -0.139. The fourth-order valence-electron chi connectivity index (χ4n) is 4.00. The van der Waals surface area contributed by atoms with Gasteiger partial charge in [0.2, 0.25) is 5.91 Å². The molecule has 26 heavy (non-hydrogen) atoms. The molecule has 5 nitrogen and oxygen atoms in total. The standard InChI is InChI=1S/C21H38N2O3/c1-16(2)20(24)14-22-9-5-18(6-10-22)13-19-7-11-23(12-8-19)21(25)15-26-17(3)4/h16-19H,5-15H2,1-4H3. The Morgan fingerprint density at radius 3 is 1.96 bits per heavy atom. The van der Waals surface area contributed by atoms with Gasteiger partial charge in [0.25, 0.3) is 0 Å². The smallest absolute Gasteiger partial charge is 0.248 e. The van der Waals surface area contributed by atoms with E-state index in [0.717, 1.165) is 50.9 Å². The quantitative estimate of drug-likeness (QED) is 0.663. The van der Waals surface area contributed by atoms with Crippen molar-refractivity contribution in [3.8, 4) is 0 Å². The lowest BCUT2D eigenvalue weighted by Crippen LogP contribution is -2.42. The molecule has 0 unspecified atom stereocenters. The van der Waals surface area contributed by atoms with Crippen LogP contribution in [0.25, 0.3) is 0 Å². The molecule has 2 aliphatic rings. The molecule has 1 amide bonds. The van der Waals surface area contributed by atoms with Gasteiger partial charge in [-0.25, -0.2) is 0 Å². The zero-order valence-electron chi connectivity index (χ0n) is 17.2. The summed E-state index contributed by atoms with van der Waals surface area (Å²) in [6, 6.07) is 0. The van der Waals surface area contributed by atoms with Crippen LogP contribution in [0.5, 0.6) is 0 Å². The molecule has 2 aliphatic heterocycles. The molecule has 0 aromatic carbocycles. The first kappa shape index (κ1) is 21.4. The summed E-state index contributed by atoms with van der Waals surface area (Å²) >= 11 is 0. The third-order valence-corrected chi connectivity index (χ3v) is 5.90. The molecule has 0 aromatic rings. The van der Waals surface area contributed by atoms with Crippen molar-refractivity contribution in [2.24, 2.45) is 17.8 Å². The van der Waals surface area contributed by atoms with Crippen molar-refractivity contribution in [2.75, 3.05) is 39.3 Å². The minimum atomic E-state index is 0.109. The van der Waals surface area contributed by atoms with Crippen LogP contribution >= 0.6 is 0 Å². The maximum absolute atomic E-state index is 12.1. The normalized spacial score (nSPS) is 20.9. The van der Waals surface area contributed by atoms with E-state index in [0.29, 0.717) is 12.3 Å². The van der Waals surface area contributed by atoms with Crippen LogP contribution in [0.3, 0.4) is 0 Å². The Labute approximate surface area is 159 Å². The van der Waals surface area contributed by atoms with Crippen molar-refractivity contribution >= 4 is 11.7 Å². The number of hydrogen-bond donors (Lipinski definition) is 0. The van der Waals surface area contributed by atoms with Gasteiger partial charge in [0.05, 0.1) is 12.6 Å². The molecule has 2 heterocycles. The number of carbonyl (C=O) groups is 2. The van der Waals surface area contributed by atoms with E-state index < -0.39 is 0 Å². The number of piperidine rings is 2. The highest BCUT2D eigenvalue weighted by atomic mass is 16.5. The summed E-state index contributed by atoms with van der Waals surface area (Å²) in [6.07, 6.45) is 6.08. The lowest BCUT2D eigenvalue weighted by atomic mass is 9.82. The minimum absolute atomic E-state index is 0.109.